The van der Waals surface area contributed by atoms with Gasteiger partial charge in [0, 0.05) is 18.3 Å². The highest BCUT2D eigenvalue weighted by Gasteiger charge is 2.22. The van der Waals surface area contributed by atoms with Crippen LogP contribution in [-0.2, 0) is 6.42 Å². The van der Waals surface area contributed by atoms with Crippen LogP contribution < -0.4 is 16.0 Å². The lowest BCUT2D eigenvalue weighted by Crippen LogP contribution is -2.47. The van der Waals surface area contributed by atoms with Crippen LogP contribution in [0.25, 0.3) is 0 Å². The van der Waals surface area contributed by atoms with Gasteiger partial charge in [-0.15, -0.1) is 0 Å². The minimum Gasteiger partial charge on any atom is -0.336 e. The molecule has 0 radical (unpaired) electrons. The number of carbonyl (C=O) groups excluding carboxylic acids is 1. The summed E-state index contributed by atoms with van der Waals surface area (Å²) in [7, 11) is 0. The van der Waals surface area contributed by atoms with Gasteiger partial charge in [-0.25, -0.2) is 13.6 Å². The number of anilines is 1. The first kappa shape index (κ1) is 18.3. The van der Waals surface area contributed by atoms with Crippen molar-refractivity contribution >= 4 is 11.7 Å². The van der Waals surface area contributed by atoms with Gasteiger partial charge in [0.05, 0.1) is 0 Å². The fourth-order valence-electron chi connectivity index (χ4n) is 3.35. The Balaban J connectivity index is 1.44. The summed E-state index contributed by atoms with van der Waals surface area (Å²) in [6.45, 7) is 1.39. The van der Waals surface area contributed by atoms with Crippen LogP contribution in [-0.4, -0.2) is 25.2 Å². The number of rotatable bonds is 5. The molecule has 6 heteroatoms. The number of piperidine rings is 1. The van der Waals surface area contributed by atoms with E-state index in [4.69, 9.17) is 0 Å². The van der Waals surface area contributed by atoms with E-state index in [0.717, 1.165) is 31.4 Å². The lowest BCUT2D eigenvalue weighted by atomic mass is 9.87. The Kier molecular flexibility index (Phi) is 6.17. The van der Waals surface area contributed by atoms with Crippen molar-refractivity contribution in [1.82, 2.24) is 10.6 Å². The number of nitrogens with one attached hydrogen (secondary N) is 3. The van der Waals surface area contributed by atoms with Crippen LogP contribution in [0.2, 0.25) is 0 Å². The summed E-state index contributed by atoms with van der Waals surface area (Å²) in [4.78, 5) is 12.0. The molecule has 0 aliphatic carbocycles. The molecular formula is C20H23F2N3O. The lowest BCUT2D eigenvalue weighted by molar-refractivity contribution is 0.246. The molecule has 26 heavy (non-hydrogen) atoms. The molecule has 1 aliphatic rings. The fraction of sp³-hybridized carbons (Fsp3) is 0.350. The first-order chi connectivity index (χ1) is 12.6. The minimum absolute atomic E-state index is 0.187. The van der Waals surface area contributed by atoms with E-state index in [2.05, 4.69) is 16.0 Å². The molecule has 2 atom stereocenters. The maximum absolute atomic E-state index is 13.1. The van der Waals surface area contributed by atoms with Crippen LogP contribution in [0.5, 0.6) is 0 Å². The van der Waals surface area contributed by atoms with E-state index in [1.807, 2.05) is 12.1 Å². The molecule has 2 unspecified atom stereocenters. The van der Waals surface area contributed by atoms with Gasteiger partial charge in [-0.05, 0) is 67.6 Å². The third-order valence-corrected chi connectivity index (χ3v) is 4.63. The van der Waals surface area contributed by atoms with Crippen LogP contribution in [0.4, 0.5) is 19.3 Å². The number of benzene rings is 2. The highest BCUT2D eigenvalue weighted by molar-refractivity contribution is 5.89. The number of hydrogen-bond donors (Lipinski definition) is 3. The molecule has 0 aromatic heterocycles. The quantitative estimate of drug-likeness (QED) is 0.762. The smallest absolute Gasteiger partial charge is 0.319 e. The van der Waals surface area contributed by atoms with Crippen molar-refractivity contribution in [3.63, 3.8) is 0 Å². The molecule has 3 N–H and O–H groups in total. The topological polar surface area (TPSA) is 53.2 Å². The predicted molar refractivity (Wildman–Crippen MR) is 98.0 cm³/mol. The first-order valence-electron chi connectivity index (χ1n) is 8.87. The number of urea groups is 1. The van der Waals surface area contributed by atoms with Crippen molar-refractivity contribution in [3.8, 4) is 0 Å². The molecule has 1 aliphatic heterocycles. The van der Waals surface area contributed by atoms with Crippen molar-refractivity contribution in [2.75, 3.05) is 18.4 Å². The molecule has 2 aromatic rings. The fourth-order valence-corrected chi connectivity index (χ4v) is 3.35. The van der Waals surface area contributed by atoms with Crippen LogP contribution >= 0.6 is 0 Å². The average Bonchev–Trinajstić information content (AvgIpc) is 2.62. The molecule has 0 spiro atoms. The standard InChI is InChI=1S/C20H23F2N3O/c21-16-6-4-14(5-7-16)10-15-8-9-23-19(11-15)13-24-20(26)25-18-3-1-2-17(22)12-18/h1-7,12,15,19,23H,8-11,13H2,(H2,24,25,26). The van der Waals surface area contributed by atoms with Crippen molar-refractivity contribution in [2.45, 2.75) is 25.3 Å². The Labute approximate surface area is 152 Å². The molecule has 1 heterocycles. The van der Waals surface area contributed by atoms with Gasteiger partial charge in [-0.2, -0.15) is 0 Å². The zero-order chi connectivity index (χ0) is 18.4. The van der Waals surface area contributed by atoms with E-state index in [1.165, 1.54) is 24.3 Å². The maximum Gasteiger partial charge on any atom is 0.319 e. The SMILES string of the molecule is O=C(NCC1CC(Cc2ccc(F)cc2)CCN1)Nc1cccc(F)c1. The Morgan fingerprint density at radius 2 is 1.92 bits per heavy atom. The van der Waals surface area contributed by atoms with Gasteiger partial charge in [-0.3, -0.25) is 0 Å². The molecule has 0 saturated carbocycles. The second-order valence-electron chi connectivity index (χ2n) is 6.72. The Bertz CT molecular complexity index is 736. The largest absolute Gasteiger partial charge is 0.336 e. The van der Waals surface area contributed by atoms with E-state index in [9.17, 15) is 13.6 Å². The highest BCUT2D eigenvalue weighted by atomic mass is 19.1. The summed E-state index contributed by atoms with van der Waals surface area (Å²) >= 11 is 0. The molecule has 138 valence electrons. The molecule has 0 bridgehead atoms. The monoisotopic (exact) mass is 359 g/mol. The second kappa shape index (κ2) is 8.76. The zero-order valence-electron chi connectivity index (χ0n) is 14.5. The normalized spacial score (nSPS) is 19.8. The summed E-state index contributed by atoms with van der Waals surface area (Å²) < 4.78 is 26.1. The van der Waals surface area contributed by atoms with Gasteiger partial charge in [0.1, 0.15) is 11.6 Å². The molecular weight excluding hydrogens is 336 g/mol. The lowest BCUT2D eigenvalue weighted by Gasteiger charge is -2.30. The van der Waals surface area contributed by atoms with E-state index in [1.54, 1.807) is 12.1 Å². The number of carbonyl (C=O) groups is 1. The van der Waals surface area contributed by atoms with Gasteiger partial charge in [0.2, 0.25) is 0 Å². The summed E-state index contributed by atoms with van der Waals surface area (Å²) in [5.74, 6) is -0.106. The van der Waals surface area contributed by atoms with Crippen LogP contribution in [0.15, 0.2) is 48.5 Å². The second-order valence-corrected chi connectivity index (χ2v) is 6.72. The van der Waals surface area contributed by atoms with Crippen LogP contribution in [0, 0.1) is 17.6 Å². The van der Waals surface area contributed by atoms with Gasteiger partial charge in [-0.1, -0.05) is 18.2 Å². The summed E-state index contributed by atoms with van der Waals surface area (Å²) in [5.41, 5.74) is 1.56. The zero-order valence-corrected chi connectivity index (χ0v) is 14.5. The first-order valence-corrected chi connectivity index (χ1v) is 8.87. The summed E-state index contributed by atoms with van der Waals surface area (Å²) in [5, 5.41) is 8.86. The van der Waals surface area contributed by atoms with Crippen molar-refractivity contribution < 1.29 is 13.6 Å². The van der Waals surface area contributed by atoms with Crippen LogP contribution in [0.3, 0.4) is 0 Å². The highest BCUT2D eigenvalue weighted by Crippen LogP contribution is 2.21. The summed E-state index contributed by atoms with van der Waals surface area (Å²) in [6.07, 6.45) is 2.91. The van der Waals surface area contributed by atoms with Gasteiger partial charge in [0.15, 0.2) is 0 Å². The number of hydrogen-bond acceptors (Lipinski definition) is 2. The predicted octanol–water partition coefficient (Wildman–Crippen LogP) is 3.70. The molecule has 4 nitrogen and oxygen atoms in total. The van der Waals surface area contributed by atoms with Gasteiger partial charge in [0.25, 0.3) is 0 Å². The van der Waals surface area contributed by atoms with Crippen molar-refractivity contribution in [1.29, 1.82) is 0 Å². The maximum atomic E-state index is 13.1. The van der Waals surface area contributed by atoms with Crippen molar-refractivity contribution in [2.24, 2.45) is 5.92 Å². The van der Waals surface area contributed by atoms with Gasteiger partial charge >= 0.3 is 6.03 Å². The third-order valence-electron chi connectivity index (χ3n) is 4.63. The van der Waals surface area contributed by atoms with E-state index < -0.39 is 0 Å². The summed E-state index contributed by atoms with van der Waals surface area (Å²) in [6, 6.07) is 12.3. The molecule has 1 fully saturated rings. The number of halogens is 2. The minimum atomic E-state index is -0.389. The Morgan fingerprint density at radius 3 is 2.69 bits per heavy atom. The van der Waals surface area contributed by atoms with Crippen molar-refractivity contribution in [3.05, 3.63) is 65.7 Å². The Hall–Kier alpha value is -2.47. The molecule has 1 saturated heterocycles. The third kappa shape index (κ3) is 5.52. The van der Waals surface area contributed by atoms with Crippen LogP contribution in [0.1, 0.15) is 18.4 Å². The van der Waals surface area contributed by atoms with E-state index in [0.29, 0.717) is 18.2 Å². The molecule has 2 aromatic carbocycles. The average molecular weight is 359 g/mol. The van der Waals surface area contributed by atoms with E-state index >= 15 is 0 Å². The van der Waals surface area contributed by atoms with E-state index in [-0.39, 0.29) is 23.7 Å². The Morgan fingerprint density at radius 1 is 1.12 bits per heavy atom. The molecule has 3 rings (SSSR count). The number of amides is 2. The van der Waals surface area contributed by atoms with Gasteiger partial charge < -0.3 is 16.0 Å². The molecule has 2 amide bonds.